The third-order valence-electron chi connectivity index (χ3n) is 6.09. The van der Waals surface area contributed by atoms with Crippen molar-refractivity contribution in [3.05, 3.63) is 0 Å². The second kappa shape index (κ2) is 11.6. The number of aliphatic hydroxyl groups excluding tert-OH is 11. The lowest BCUT2D eigenvalue weighted by Crippen LogP contribution is -2.66. The zero-order valence-corrected chi connectivity index (χ0v) is 17.7. The number of hydrogen-bond acceptors (Lipinski definition) is 16. The molecule has 1 unspecified atom stereocenters. The Balaban J connectivity index is 1.78. The van der Waals surface area contributed by atoms with E-state index in [2.05, 4.69) is 0 Å². The topological polar surface area (TPSA) is 269 Å². The highest BCUT2D eigenvalue weighted by Gasteiger charge is 2.53. The Labute approximate surface area is 192 Å². The Bertz CT molecular complexity index is 637. The van der Waals surface area contributed by atoms with Crippen molar-refractivity contribution in [2.24, 2.45) is 0 Å². The van der Waals surface area contributed by atoms with Crippen LogP contribution in [0, 0.1) is 0 Å². The monoisotopic (exact) mass is 504 g/mol. The molecule has 0 aliphatic carbocycles. The quantitative estimate of drug-likeness (QED) is 0.154. The Morgan fingerprint density at radius 2 is 0.941 bits per heavy atom. The van der Waals surface area contributed by atoms with Crippen LogP contribution in [0.4, 0.5) is 0 Å². The van der Waals surface area contributed by atoms with Crippen LogP contribution in [0.15, 0.2) is 0 Å². The molecule has 3 aliphatic heterocycles. The molecule has 0 spiro atoms. The van der Waals surface area contributed by atoms with Crippen molar-refractivity contribution >= 4 is 0 Å². The van der Waals surface area contributed by atoms with Crippen molar-refractivity contribution in [3.8, 4) is 0 Å². The van der Waals surface area contributed by atoms with Gasteiger partial charge in [-0.2, -0.15) is 0 Å². The molecule has 0 saturated carbocycles. The van der Waals surface area contributed by atoms with E-state index < -0.39 is 112 Å². The van der Waals surface area contributed by atoms with Crippen LogP contribution in [-0.4, -0.2) is 168 Å². The van der Waals surface area contributed by atoms with Crippen LogP contribution in [0.5, 0.6) is 0 Å². The van der Waals surface area contributed by atoms with Crippen LogP contribution in [-0.2, 0) is 23.7 Å². The summed E-state index contributed by atoms with van der Waals surface area (Å²) in [6, 6.07) is 0. The first-order valence-electron chi connectivity index (χ1n) is 10.6. The Kier molecular flexibility index (Phi) is 9.54. The van der Waals surface area contributed by atoms with Crippen LogP contribution >= 0.6 is 0 Å². The van der Waals surface area contributed by atoms with Crippen LogP contribution in [0.25, 0.3) is 0 Å². The van der Waals surface area contributed by atoms with Gasteiger partial charge in [-0.3, -0.25) is 0 Å². The second-order valence-electron chi connectivity index (χ2n) is 8.33. The molecule has 0 aromatic carbocycles. The van der Waals surface area contributed by atoms with Gasteiger partial charge in [0, 0.05) is 0 Å². The molecule has 3 saturated heterocycles. The van der Waals surface area contributed by atoms with Crippen LogP contribution in [0.2, 0.25) is 0 Å². The molecule has 0 amide bonds. The van der Waals surface area contributed by atoms with Gasteiger partial charge < -0.3 is 79.9 Å². The molecule has 15 atom stereocenters. The summed E-state index contributed by atoms with van der Waals surface area (Å²) in [6.07, 6.45) is -25.4. The minimum absolute atomic E-state index is 0.759. The molecule has 0 aromatic heterocycles. The lowest BCUT2D eigenvalue weighted by atomic mass is 9.96. The highest BCUT2D eigenvalue weighted by Crippen LogP contribution is 2.32. The number of rotatable bonds is 7. The number of aliphatic hydroxyl groups is 11. The summed E-state index contributed by atoms with van der Waals surface area (Å²) in [7, 11) is 0. The fourth-order valence-electron chi connectivity index (χ4n) is 4.05. The highest BCUT2D eigenvalue weighted by molar-refractivity contribution is 4.96. The van der Waals surface area contributed by atoms with Gasteiger partial charge in [-0.05, 0) is 0 Å². The third kappa shape index (κ3) is 5.37. The van der Waals surface area contributed by atoms with Crippen molar-refractivity contribution in [1.29, 1.82) is 0 Å². The van der Waals surface area contributed by atoms with E-state index in [4.69, 9.17) is 23.7 Å². The minimum atomic E-state index is -1.90. The summed E-state index contributed by atoms with van der Waals surface area (Å²) >= 11 is 0. The van der Waals surface area contributed by atoms with Gasteiger partial charge in [0.2, 0.25) is 0 Å². The average Bonchev–Trinajstić information content (AvgIpc) is 2.83. The van der Waals surface area contributed by atoms with Crippen LogP contribution in [0.3, 0.4) is 0 Å². The fraction of sp³-hybridized carbons (Fsp3) is 1.00. The van der Waals surface area contributed by atoms with E-state index in [1.807, 2.05) is 0 Å². The van der Waals surface area contributed by atoms with Gasteiger partial charge in [0.25, 0.3) is 0 Å². The van der Waals surface area contributed by atoms with Gasteiger partial charge in [0.1, 0.15) is 73.2 Å². The molecule has 3 aliphatic rings. The standard InChI is InChI=1S/C18H32O16/c19-1-4-7(22)9(24)12(27)17(31-4)34-15-8(23)5(2-20)32-18(13(15)28)33-14-6(3-21)30-16(29)11(26)10(14)25/h4-29H,1-3H2/t4-,5-,6-,7-,8+,9+,10-,11-,12-,13-,14-,15+,16?,17+,18+/m1/s1. The van der Waals surface area contributed by atoms with E-state index in [0.717, 1.165) is 0 Å². The molecule has 3 rings (SSSR count). The molecule has 0 bridgehead atoms. The zero-order valence-electron chi connectivity index (χ0n) is 17.7. The first-order valence-corrected chi connectivity index (χ1v) is 10.6. The van der Waals surface area contributed by atoms with Gasteiger partial charge >= 0.3 is 0 Å². The van der Waals surface area contributed by atoms with E-state index in [0.29, 0.717) is 0 Å². The van der Waals surface area contributed by atoms with Crippen molar-refractivity contribution < 1.29 is 79.9 Å². The van der Waals surface area contributed by atoms with E-state index in [9.17, 15) is 56.2 Å². The van der Waals surface area contributed by atoms with Gasteiger partial charge in [-0.15, -0.1) is 0 Å². The molecular formula is C18H32O16. The number of hydrogen-bond donors (Lipinski definition) is 11. The normalized spacial score (nSPS) is 52.5. The third-order valence-corrected chi connectivity index (χ3v) is 6.09. The summed E-state index contributed by atoms with van der Waals surface area (Å²) in [5, 5.41) is 109. The van der Waals surface area contributed by atoms with Crippen molar-refractivity contribution in [3.63, 3.8) is 0 Å². The summed E-state index contributed by atoms with van der Waals surface area (Å²) in [4.78, 5) is 0. The van der Waals surface area contributed by atoms with E-state index in [-0.39, 0.29) is 0 Å². The van der Waals surface area contributed by atoms with E-state index in [1.54, 1.807) is 0 Å². The fourth-order valence-corrected chi connectivity index (χ4v) is 4.05. The molecule has 3 heterocycles. The SMILES string of the molecule is OC[C@H]1O[C@@H](O[C@H]2[C@H](O)[C@@H](O)C(O)O[C@@H]2CO)[C@H](O)[C@@H](O[C@@H]2O[C@H](CO)[C@@H](O)[C@H](O)[C@H]2O)[C@H]1O. The van der Waals surface area contributed by atoms with Gasteiger partial charge in [-0.1, -0.05) is 0 Å². The zero-order chi connectivity index (χ0) is 25.3. The lowest BCUT2D eigenvalue weighted by Gasteiger charge is -2.47. The van der Waals surface area contributed by atoms with Gasteiger partial charge in [-0.25, -0.2) is 0 Å². The first kappa shape index (κ1) is 27.9. The lowest BCUT2D eigenvalue weighted by molar-refractivity contribution is -0.378. The average molecular weight is 504 g/mol. The maximum Gasteiger partial charge on any atom is 0.187 e. The van der Waals surface area contributed by atoms with Gasteiger partial charge in [0.05, 0.1) is 19.8 Å². The molecule has 200 valence electrons. The van der Waals surface area contributed by atoms with Crippen molar-refractivity contribution in [1.82, 2.24) is 0 Å². The molecule has 11 N–H and O–H groups in total. The molecule has 0 radical (unpaired) electrons. The van der Waals surface area contributed by atoms with Crippen LogP contribution in [0.1, 0.15) is 0 Å². The summed E-state index contributed by atoms with van der Waals surface area (Å²) in [6.45, 7) is -2.34. The predicted molar refractivity (Wildman–Crippen MR) is 101 cm³/mol. The van der Waals surface area contributed by atoms with E-state index in [1.165, 1.54) is 0 Å². The summed E-state index contributed by atoms with van der Waals surface area (Å²) < 4.78 is 26.4. The maximum absolute atomic E-state index is 10.8. The molecule has 16 nitrogen and oxygen atoms in total. The molecule has 3 fully saturated rings. The van der Waals surface area contributed by atoms with Crippen LogP contribution < -0.4 is 0 Å². The van der Waals surface area contributed by atoms with Gasteiger partial charge in [0.15, 0.2) is 18.9 Å². The molecule has 16 heteroatoms. The first-order chi connectivity index (χ1) is 16.0. The smallest absolute Gasteiger partial charge is 0.187 e. The number of ether oxygens (including phenoxy) is 5. The Hall–Kier alpha value is -0.640. The summed E-state index contributed by atoms with van der Waals surface area (Å²) in [5.74, 6) is 0. The maximum atomic E-state index is 10.8. The van der Waals surface area contributed by atoms with E-state index >= 15 is 0 Å². The minimum Gasteiger partial charge on any atom is -0.394 e. The van der Waals surface area contributed by atoms with Crippen molar-refractivity contribution in [2.75, 3.05) is 19.8 Å². The van der Waals surface area contributed by atoms with Crippen molar-refractivity contribution in [2.45, 2.75) is 92.1 Å². The summed E-state index contributed by atoms with van der Waals surface area (Å²) in [5.41, 5.74) is 0. The largest absolute Gasteiger partial charge is 0.394 e. The Morgan fingerprint density at radius 1 is 0.441 bits per heavy atom. The second-order valence-corrected chi connectivity index (χ2v) is 8.33. The predicted octanol–water partition coefficient (Wildman–Crippen LogP) is -7.57. The highest BCUT2D eigenvalue weighted by atomic mass is 16.7. The molecule has 0 aromatic rings. The Morgan fingerprint density at radius 3 is 1.50 bits per heavy atom. The molecule has 34 heavy (non-hydrogen) atoms. The molecular weight excluding hydrogens is 472 g/mol.